The van der Waals surface area contributed by atoms with Gasteiger partial charge in [0.2, 0.25) is 0 Å². The number of anilines is 1. The SMILES string of the molecule is CN(C)CCOc1ccc(NCc2cnn(C)c2)cc1. The lowest BCUT2D eigenvalue weighted by Crippen LogP contribution is -2.19. The molecule has 2 rings (SSSR count). The van der Waals surface area contributed by atoms with Crippen molar-refractivity contribution in [1.29, 1.82) is 0 Å². The lowest BCUT2D eigenvalue weighted by molar-refractivity contribution is 0.261. The number of likely N-dealkylation sites (N-methyl/N-ethyl adjacent to an activating group) is 1. The van der Waals surface area contributed by atoms with Gasteiger partial charge in [0.15, 0.2) is 0 Å². The van der Waals surface area contributed by atoms with Crippen molar-refractivity contribution in [2.75, 3.05) is 32.6 Å². The molecule has 0 atom stereocenters. The van der Waals surface area contributed by atoms with Gasteiger partial charge in [-0.3, -0.25) is 4.68 Å². The summed E-state index contributed by atoms with van der Waals surface area (Å²) in [5, 5.41) is 7.50. The number of benzene rings is 1. The van der Waals surface area contributed by atoms with E-state index in [4.69, 9.17) is 4.74 Å². The molecule has 5 heteroatoms. The molecule has 108 valence electrons. The first-order chi connectivity index (χ1) is 9.63. The average Bonchev–Trinajstić information content (AvgIpc) is 2.83. The summed E-state index contributed by atoms with van der Waals surface area (Å²) in [5.41, 5.74) is 2.24. The van der Waals surface area contributed by atoms with Gasteiger partial charge >= 0.3 is 0 Å². The summed E-state index contributed by atoms with van der Waals surface area (Å²) >= 11 is 0. The number of aryl methyl sites for hydroxylation is 1. The van der Waals surface area contributed by atoms with E-state index in [0.717, 1.165) is 24.5 Å². The summed E-state index contributed by atoms with van der Waals surface area (Å²) < 4.78 is 7.46. The van der Waals surface area contributed by atoms with E-state index in [9.17, 15) is 0 Å². The predicted molar refractivity (Wildman–Crippen MR) is 81.0 cm³/mol. The third-order valence-corrected chi connectivity index (χ3v) is 2.92. The van der Waals surface area contributed by atoms with Crippen molar-refractivity contribution < 1.29 is 4.74 Å². The first-order valence-electron chi connectivity index (χ1n) is 6.72. The first-order valence-corrected chi connectivity index (χ1v) is 6.72. The van der Waals surface area contributed by atoms with E-state index < -0.39 is 0 Å². The molecule has 0 aliphatic carbocycles. The Labute approximate surface area is 120 Å². The fraction of sp³-hybridized carbons (Fsp3) is 0.400. The summed E-state index contributed by atoms with van der Waals surface area (Å²) in [5.74, 6) is 0.902. The van der Waals surface area contributed by atoms with Gasteiger partial charge in [-0.25, -0.2) is 0 Å². The van der Waals surface area contributed by atoms with E-state index in [1.54, 1.807) is 4.68 Å². The molecule has 1 aromatic carbocycles. The summed E-state index contributed by atoms with van der Waals surface area (Å²) in [6.07, 6.45) is 3.87. The van der Waals surface area contributed by atoms with Crippen LogP contribution in [-0.4, -0.2) is 41.9 Å². The number of hydrogen-bond donors (Lipinski definition) is 1. The maximum absolute atomic E-state index is 5.66. The Morgan fingerprint density at radius 3 is 2.60 bits per heavy atom. The molecule has 1 heterocycles. The zero-order chi connectivity index (χ0) is 14.4. The van der Waals surface area contributed by atoms with Gasteiger partial charge in [0.05, 0.1) is 6.20 Å². The van der Waals surface area contributed by atoms with Crippen molar-refractivity contribution in [2.24, 2.45) is 7.05 Å². The van der Waals surface area contributed by atoms with Crippen LogP contribution in [0.1, 0.15) is 5.56 Å². The van der Waals surface area contributed by atoms with Crippen LogP contribution in [0.15, 0.2) is 36.7 Å². The van der Waals surface area contributed by atoms with Crippen molar-refractivity contribution in [3.8, 4) is 5.75 Å². The fourth-order valence-electron chi connectivity index (χ4n) is 1.78. The molecule has 0 bridgehead atoms. The van der Waals surface area contributed by atoms with Crippen LogP contribution in [-0.2, 0) is 13.6 Å². The molecule has 0 fully saturated rings. The van der Waals surface area contributed by atoms with Gasteiger partial charge in [0.1, 0.15) is 12.4 Å². The molecule has 2 aromatic rings. The monoisotopic (exact) mass is 274 g/mol. The van der Waals surface area contributed by atoms with Gasteiger partial charge in [-0.2, -0.15) is 5.10 Å². The van der Waals surface area contributed by atoms with Crippen LogP contribution in [0.3, 0.4) is 0 Å². The quantitative estimate of drug-likeness (QED) is 0.838. The second-order valence-electron chi connectivity index (χ2n) is 5.05. The number of nitrogens with one attached hydrogen (secondary N) is 1. The standard InChI is InChI=1S/C15H22N4O/c1-18(2)8-9-20-15-6-4-14(5-7-15)16-10-13-11-17-19(3)12-13/h4-7,11-12,16H,8-10H2,1-3H3. The van der Waals surface area contributed by atoms with Crippen LogP contribution >= 0.6 is 0 Å². The molecule has 0 saturated carbocycles. The first kappa shape index (κ1) is 14.4. The van der Waals surface area contributed by atoms with Crippen LogP contribution in [0.25, 0.3) is 0 Å². The highest BCUT2D eigenvalue weighted by Gasteiger charge is 1.98. The zero-order valence-corrected chi connectivity index (χ0v) is 12.3. The highest BCUT2D eigenvalue weighted by Crippen LogP contribution is 2.16. The van der Waals surface area contributed by atoms with E-state index in [0.29, 0.717) is 6.61 Å². The minimum atomic E-state index is 0.704. The predicted octanol–water partition coefficient (Wildman–Crippen LogP) is 1.97. The molecule has 0 radical (unpaired) electrons. The Kier molecular flexibility index (Phi) is 5.01. The number of nitrogens with zero attached hydrogens (tertiary/aromatic N) is 3. The van der Waals surface area contributed by atoms with Crippen molar-refractivity contribution in [3.63, 3.8) is 0 Å². The van der Waals surface area contributed by atoms with Crippen molar-refractivity contribution in [3.05, 3.63) is 42.2 Å². The largest absolute Gasteiger partial charge is 0.492 e. The second-order valence-corrected chi connectivity index (χ2v) is 5.05. The Hall–Kier alpha value is -2.01. The molecule has 0 aliphatic rings. The van der Waals surface area contributed by atoms with Gasteiger partial charge in [-0.05, 0) is 38.4 Å². The molecular weight excluding hydrogens is 252 g/mol. The van der Waals surface area contributed by atoms with Crippen LogP contribution in [0.4, 0.5) is 5.69 Å². The molecule has 20 heavy (non-hydrogen) atoms. The highest BCUT2D eigenvalue weighted by atomic mass is 16.5. The maximum atomic E-state index is 5.66. The molecule has 0 amide bonds. The minimum Gasteiger partial charge on any atom is -0.492 e. The summed E-state index contributed by atoms with van der Waals surface area (Å²) in [4.78, 5) is 2.10. The Bertz CT molecular complexity index is 519. The Balaban J connectivity index is 1.79. The molecule has 5 nitrogen and oxygen atoms in total. The summed E-state index contributed by atoms with van der Waals surface area (Å²) in [7, 11) is 5.99. The van der Waals surface area contributed by atoms with E-state index >= 15 is 0 Å². The Morgan fingerprint density at radius 2 is 2.00 bits per heavy atom. The van der Waals surface area contributed by atoms with E-state index in [2.05, 4.69) is 15.3 Å². The van der Waals surface area contributed by atoms with Crippen molar-refractivity contribution in [2.45, 2.75) is 6.54 Å². The van der Waals surface area contributed by atoms with Gasteiger partial charge < -0.3 is 15.0 Å². The molecule has 0 aliphatic heterocycles. The summed E-state index contributed by atoms with van der Waals surface area (Å²) in [6, 6.07) is 8.03. The Morgan fingerprint density at radius 1 is 1.25 bits per heavy atom. The molecule has 0 unspecified atom stereocenters. The lowest BCUT2D eigenvalue weighted by atomic mass is 10.3. The average molecular weight is 274 g/mol. The van der Waals surface area contributed by atoms with Gasteiger partial charge in [-0.1, -0.05) is 0 Å². The zero-order valence-electron chi connectivity index (χ0n) is 12.3. The number of rotatable bonds is 7. The van der Waals surface area contributed by atoms with Crippen LogP contribution in [0, 0.1) is 0 Å². The fourth-order valence-corrected chi connectivity index (χ4v) is 1.78. The number of ether oxygens (including phenoxy) is 1. The third-order valence-electron chi connectivity index (χ3n) is 2.92. The van der Waals surface area contributed by atoms with E-state index in [1.165, 1.54) is 5.56 Å². The number of aromatic nitrogens is 2. The summed E-state index contributed by atoms with van der Waals surface area (Å²) in [6.45, 7) is 2.39. The van der Waals surface area contributed by atoms with E-state index in [-0.39, 0.29) is 0 Å². The van der Waals surface area contributed by atoms with Crippen LogP contribution < -0.4 is 10.1 Å². The minimum absolute atomic E-state index is 0.704. The normalized spacial score (nSPS) is 10.8. The van der Waals surface area contributed by atoms with E-state index in [1.807, 2.05) is 57.8 Å². The lowest BCUT2D eigenvalue weighted by Gasteiger charge is -2.11. The topological polar surface area (TPSA) is 42.3 Å². The second kappa shape index (κ2) is 6.96. The van der Waals surface area contributed by atoms with Gasteiger partial charge in [0.25, 0.3) is 0 Å². The molecule has 0 spiro atoms. The van der Waals surface area contributed by atoms with Crippen LogP contribution in [0.5, 0.6) is 5.75 Å². The molecule has 0 saturated heterocycles. The van der Waals surface area contributed by atoms with Gasteiger partial charge in [0, 0.05) is 37.6 Å². The maximum Gasteiger partial charge on any atom is 0.119 e. The molecular formula is C15H22N4O. The third kappa shape index (κ3) is 4.59. The van der Waals surface area contributed by atoms with Crippen LogP contribution in [0.2, 0.25) is 0 Å². The van der Waals surface area contributed by atoms with Gasteiger partial charge in [-0.15, -0.1) is 0 Å². The highest BCUT2D eigenvalue weighted by molar-refractivity contribution is 5.46. The molecule has 1 aromatic heterocycles. The van der Waals surface area contributed by atoms with Crippen molar-refractivity contribution in [1.82, 2.24) is 14.7 Å². The number of hydrogen-bond acceptors (Lipinski definition) is 4. The smallest absolute Gasteiger partial charge is 0.119 e. The van der Waals surface area contributed by atoms with Crippen molar-refractivity contribution >= 4 is 5.69 Å². The molecule has 1 N–H and O–H groups in total.